The minimum Gasteiger partial charge on any atom is -0.497 e. The van der Waals surface area contributed by atoms with E-state index in [1.807, 2.05) is 0 Å². The highest BCUT2D eigenvalue weighted by atomic mass is 16.5. The summed E-state index contributed by atoms with van der Waals surface area (Å²) in [5.41, 5.74) is 11.2. The third kappa shape index (κ3) is 4.84. The molecule has 0 bridgehead atoms. The van der Waals surface area contributed by atoms with Crippen LogP contribution in [0.3, 0.4) is 0 Å². The summed E-state index contributed by atoms with van der Waals surface area (Å²) in [6.07, 6.45) is 0. The number of methoxy groups -OCH3 is 2. The standard InChI is InChI=1S/C13H19N3O5/c1-19-8-5-9(12(15)10(6-8)20-2)13(18)16-3-4-21-7-11(14)17/h5-6H,3-4,7,15H2,1-2H3,(H2,14,17)(H,16,18). The van der Waals surface area contributed by atoms with Crippen molar-refractivity contribution in [1.82, 2.24) is 5.32 Å². The van der Waals surface area contributed by atoms with Gasteiger partial charge in [0.1, 0.15) is 18.1 Å². The first-order valence-electron chi connectivity index (χ1n) is 6.15. The molecule has 8 heteroatoms. The van der Waals surface area contributed by atoms with Crippen LogP contribution in [0.1, 0.15) is 10.4 Å². The summed E-state index contributed by atoms with van der Waals surface area (Å²) in [5, 5.41) is 2.61. The molecule has 0 radical (unpaired) electrons. The molecule has 0 spiro atoms. The largest absolute Gasteiger partial charge is 0.497 e. The molecular weight excluding hydrogens is 278 g/mol. The molecule has 0 unspecified atom stereocenters. The average Bonchev–Trinajstić information content (AvgIpc) is 2.46. The number of primary amides is 1. The van der Waals surface area contributed by atoms with Crippen molar-refractivity contribution in [3.05, 3.63) is 17.7 Å². The molecule has 0 heterocycles. The monoisotopic (exact) mass is 297 g/mol. The second-order valence-electron chi connectivity index (χ2n) is 4.07. The molecule has 1 aromatic rings. The molecule has 0 saturated heterocycles. The lowest BCUT2D eigenvalue weighted by Gasteiger charge is -2.12. The molecule has 8 nitrogen and oxygen atoms in total. The number of nitrogens with one attached hydrogen (secondary N) is 1. The van der Waals surface area contributed by atoms with Crippen molar-refractivity contribution in [2.75, 3.05) is 39.7 Å². The Morgan fingerprint density at radius 2 is 1.95 bits per heavy atom. The van der Waals surface area contributed by atoms with E-state index in [4.69, 9.17) is 25.7 Å². The zero-order valence-corrected chi connectivity index (χ0v) is 12.0. The summed E-state index contributed by atoms with van der Waals surface area (Å²) >= 11 is 0. The van der Waals surface area contributed by atoms with Crippen LogP contribution < -0.4 is 26.3 Å². The summed E-state index contributed by atoms with van der Waals surface area (Å²) in [5.74, 6) is -0.156. The van der Waals surface area contributed by atoms with Crippen LogP contribution in [0, 0.1) is 0 Å². The number of benzene rings is 1. The number of hydrogen-bond acceptors (Lipinski definition) is 6. The fourth-order valence-corrected chi connectivity index (χ4v) is 1.58. The van der Waals surface area contributed by atoms with Crippen LogP contribution in [0.4, 0.5) is 5.69 Å². The van der Waals surface area contributed by atoms with E-state index in [0.29, 0.717) is 11.5 Å². The first-order valence-corrected chi connectivity index (χ1v) is 6.15. The number of nitrogens with two attached hydrogens (primary N) is 2. The Kier molecular flexibility index (Phi) is 6.28. The van der Waals surface area contributed by atoms with E-state index in [-0.39, 0.29) is 31.0 Å². The molecule has 0 aromatic heterocycles. The van der Waals surface area contributed by atoms with Gasteiger partial charge in [-0.2, -0.15) is 0 Å². The topological polar surface area (TPSA) is 126 Å². The van der Waals surface area contributed by atoms with Gasteiger partial charge in [0.15, 0.2) is 0 Å². The summed E-state index contributed by atoms with van der Waals surface area (Å²) in [6.45, 7) is 0.186. The fourth-order valence-electron chi connectivity index (χ4n) is 1.58. The van der Waals surface area contributed by atoms with E-state index in [1.165, 1.54) is 20.3 Å². The van der Waals surface area contributed by atoms with Gasteiger partial charge in [0, 0.05) is 12.6 Å². The molecular formula is C13H19N3O5. The van der Waals surface area contributed by atoms with Crippen LogP contribution in [-0.4, -0.2) is 45.8 Å². The maximum Gasteiger partial charge on any atom is 0.253 e. The Morgan fingerprint density at radius 1 is 1.24 bits per heavy atom. The predicted molar refractivity (Wildman–Crippen MR) is 76.3 cm³/mol. The lowest BCUT2D eigenvalue weighted by atomic mass is 10.1. The lowest BCUT2D eigenvalue weighted by molar-refractivity contribution is -0.122. The van der Waals surface area contributed by atoms with Crippen molar-refractivity contribution < 1.29 is 23.8 Å². The van der Waals surface area contributed by atoms with Crippen molar-refractivity contribution in [3.8, 4) is 11.5 Å². The van der Waals surface area contributed by atoms with Crippen LogP contribution in [-0.2, 0) is 9.53 Å². The van der Waals surface area contributed by atoms with E-state index < -0.39 is 11.8 Å². The van der Waals surface area contributed by atoms with Crippen LogP contribution in [0.15, 0.2) is 12.1 Å². The van der Waals surface area contributed by atoms with Crippen molar-refractivity contribution in [2.45, 2.75) is 0 Å². The van der Waals surface area contributed by atoms with Crippen LogP contribution >= 0.6 is 0 Å². The predicted octanol–water partition coefficient (Wildman–Crippen LogP) is -0.482. The summed E-state index contributed by atoms with van der Waals surface area (Å²) in [4.78, 5) is 22.5. The highest BCUT2D eigenvalue weighted by Crippen LogP contribution is 2.30. The number of nitrogen functional groups attached to an aromatic ring is 1. The second kappa shape index (κ2) is 7.95. The molecule has 2 amide bonds. The number of rotatable bonds is 8. The van der Waals surface area contributed by atoms with Gasteiger partial charge in [-0.1, -0.05) is 0 Å². The molecule has 5 N–H and O–H groups in total. The first-order chi connectivity index (χ1) is 9.99. The number of anilines is 1. The smallest absolute Gasteiger partial charge is 0.253 e. The van der Waals surface area contributed by atoms with Crippen LogP contribution in [0.25, 0.3) is 0 Å². The third-order valence-electron chi connectivity index (χ3n) is 2.59. The number of carbonyl (C=O) groups excluding carboxylic acids is 2. The molecule has 0 aliphatic rings. The van der Waals surface area contributed by atoms with Gasteiger partial charge >= 0.3 is 0 Å². The van der Waals surface area contributed by atoms with Crippen molar-refractivity contribution >= 4 is 17.5 Å². The van der Waals surface area contributed by atoms with Crippen molar-refractivity contribution in [2.24, 2.45) is 5.73 Å². The zero-order chi connectivity index (χ0) is 15.8. The Morgan fingerprint density at radius 3 is 2.52 bits per heavy atom. The minimum absolute atomic E-state index is 0.162. The van der Waals surface area contributed by atoms with E-state index in [2.05, 4.69) is 5.32 Å². The molecule has 0 fully saturated rings. The van der Waals surface area contributed by atoms with Crippen LogP contribution in [0.2, 0.25) is 0 Å². The first kappa shape index (κ1) is 16.6. The van der Waals surface area contributed by atoms with E-state index in [9.17, 15) is 9.59 Å². The molecule has 1 rings (SSSR count). The lowest BCUT2D eigenvalue weighted by Crippen LogP contribution is -2.29. The van der Waals surface area contributed by atoms with Gasteiger partial charge in [-0.3, -0.25) is 9.59 Å². The Balaban J connectivity index is 2.67. The molecule has 0 saturated carbocycles. The van der Waals surface area contributed by atoms with Gasteiger partial charge in [-0.25, -0.2) is 0 Å². The average molecular weight is 297 g/mol. The van der Waals surface area contributed by atoms with Gasteiger partial charge in [0.05, 0.1) is 32.1 Å². The second-order valence-corrected chi connectivity index (χ2v) is 4.07. The Hall–Kier alpha value is -2.48. The fraction of sp³-hybridized carbons (Fsp3) is 0.385. The normalized spacial score (nSPS) is 10.0. The molecule has 21 heavy (non-hydrogen) atoms. The van der Waals surface area contributed by atoms with Gasteiger partial charge < -0.3 is 31.0 Å². The summed E-state index contributed by atoms with van der Waals surface area (Å²) < 4.78 is 15.1. The number of carbonyl (C=O) groups is 2. The molecule has 0 aliphatic carbocycles. The third-order valence-corrected chi connectivity index (χ3v) is 2.59. The van der Waals surface area contributed by atoms with Gasteiger partial charge in [0.25, 0.3) is 5.91 Å². The van der Waals surface area contributed by atoms with Gasteiger partial charge in [-0.15, -0.1) is 0 Å². The van der Waals surface area contributed by atoms with Crippen molar-refractivity contribution in [3.63, 3.8) is 0 Å². The molecule has 0 atom stereocenters. The van der Waals surface area contributed by atoms with E-state index >= 15 is 0 Å². The SMILES string of the molecule is COc1cc(OC)c(N)c(C(=O)NCCOCC(N)=O)c1. The Labute approximate surface area is 122 Å². The highest BCUT2D eigenvalue weighted by molar-refractivity contribution is 6.00. The van der Waals surface area contributed by atoms with E-state index in [0.717, 1.165) is 0 Å². The molecule has 1 aromatic carbocycles. The molecule has 116 valence electrons. The number of amides is 2. The molecule has 0 aliphatic heterocycles. The highest BCUT2D eigenvalue weighted by Gasteiger charge is 2.15. The number of hydrogen-bond donors (Lipinski definition) is 3. The minimum atomic E-state index is -0.567. The Bertz CT molecular complexity index is 519. The maximum atomic E-state index is 12.0. The maximum absolute atomic E-state index is 12.0. The van der Waals surface area contributed by atoms with Gasteiger partial charge in [-0.05, 0) is 6.07 Å². The van der Waals surface area contributed by atoms with E-state index in [1.54, 1.807) is 6.07 Å². The van der Waals surface area contributed by atoms with Crippen molar-refractivity contribution in [1.29, 1.82) is 0 Å². The zero-order valence-electron chi connectivity index (χ0n) is 12.0. The van der Waals surface area contributed by atoms with Gasteiger partial charge in [0.2, 0.25) is 5.91 Å². The summed E-state index contributed by atoms with van der Waals surface area (Å²) in [6, 6.07) is 3.10. The number of ether oxygens (including phenoxy) is 3. The summed E-state index contributed by atoms with van der Waals surface area (Å²) in [7, 11) is 2.93. The van der Waals surface area contributed by atoms with Crippen LogP contribution in [0.5, 0.6) is 11.5 Å². The quantitative estimate of drug-likeness (QED) is 0.439.